The predicted molar refractivity (Wildman–Crippen MR) is 121 cm³/mol. The van der Waals surface area contributed by atoms with Crippen molar-refractivity contribution in [1.82, 2.24) is 9.80 Å². The van der Waals surface area contributed by atoms with Gasteiger partial charge in [0.1, 0.15) is 6.61 Å². The Hall–Kier alpha value is -4.13. The van der Waals surface area contributed by atoms with Crippen molar-refractivity contribution in [3.63, 3.8) is 0 Å². The van der Waals surface area contributed by atoms with Crippen molar-refractivity contribution in [3.05, 3.63) is 108 Å². The van der Waals surface area contributed by atoms with E-state index < -0.39 is 30.1 Å². The molecule has 2 atom stereocenters. The lowest BCUT2D eigenvalue weighted by molar-refractivity contribution is -0.156. The average Bonchev–Trinajstić information content (AvgIpc) is 3.11. The summed E-state index contributed by atoms with van der Waals surface area (Å²) in [5.41, 5.74) is 2.34. The quantitative estimate of drug-likeness (QED) is 0.536. The summed E-state index contributed by atoms with van der Waals surface area (Å²) in [6.07, 6.45) is 0. The molecule has 1 N–H and O–H groups in total. The standard InChI is InChI=1S/C26H24N2O5/c29-24(30)22-23(25(31)33-18-21-14-8-3-9-15-21)28(17-20-12-6-2-7-13-20)26(32)27(22)16-19-10-4-1-5-11-19/h1-15,22-23H,16-18H2,(H,29,30). The van der Waals surface area contributed by atoms with Crippen molar-refractivity contribution in [2.24, 2.45) is 0 Å². The third-order valence-electron chi connectivity index (χ3n) is 5.57. The zero-order valence-corrected chi connectivity index (χ0v) is 17.9. The average molecular weight is 444 g/mol. The summed E-state index contributed by atoms with van der Waals surface area (Å²) in [7, 11) is 0. The topological polar surface area (TPSA) is 87.1 Å². The minimum atomic E-state index is -1.37. The molecular weight excluding hydrogens is 420 g/mol. The largest absolute Gasteiger partial charge is 0.480 e. The molecule has 2 unspecified atom stereocenters. The number of ether oxygens (including phenoxy) is 1. The van der Waals surface area contributed by atoms with Gasteiger partial charge in [0.2, 0.25) is 0 Å². The van der Waals surface area contributed by atoms with Crippen molar-refractivity contribution in [2.45, 2.75) is 31.8 Å². The van der Waals surface area contributed by atoms with Crippen LogP contribution in [0.2, 0.25) is 0 Å². The van der Waals surface area contributed by atoms with Crippen LogP contribution in [0, 0.1) is 0 Å². The molecule has 1 aliphatic heterocycles. The second kappa shape index (κ2) is 9.99. The molecule has 4 rings (SSSR count). The van der Waals surface area contributed by atoms with Gasteiger partial charge in [-0.3, -0.25) is 0 Å². The molecule has 0 aliphatic carbocycles. The van der Waals surface area contributed by atoms with E-state index in [2.05, 4.69) is 0 Å². The Morgan fingerprint density at radius 1 is 0.697 bits per heavy atom. The number of carboxylic acids is 1. The number of rotatable bonds is 8. The van der Waals surface area contributed by atoms with Gasteiger partial charge in [0.15, 0.2) is 12.1 Å². The summed E-state index contributed by atoms with van der Waals surface area (Å²) in [4.78, 5) is 41.4. The first-order valence-electron chi connectivity index (χ1n) is 10.6. The molecule has 1 heterocycles. The van der Waals surface area contributed by atoms with E-state index in [1.807, 2.05) is 91.0 Å². The SMILES string of the molecule is O=C(O)C1C(C(=O)OCc2ccccc2)N(Cc2ccccc2)C(=O)N1Cc1ccccc1. The normalized spacial score (nSPS) is 17.8. The highest BCUT2D eigenvalue weighted by molar-refractivity contribution is 5.96. The maximum atomic E-state index is 13.4. The van der Waals surface area contributed by atoms with Crippen molar-refractivity contribution in [1.29, 1.82) is 0 Å². The fraction of sp³-hybridized carbons (Fsp3) is 0.192. The predicted octanol–water partition coefficient (Wildman–Crippen LogP) is 3.69. The molecule has 0 aromatic heterocycles. The molecule has 0 radical (unpaired) electrons. The highest BCUT2D eigenvalue weighted by Gasteiger charge is 2.53. The van der Waals surface area contributed by atoms with Gasteiger partial charge < -0.3 is 19.6 Å². The van der Waals surface area contributed by atoms with Gasteiger partial charge in [-0.15, -0.1) is 0 Å². The summed E-state index contributed by atoms with van der Waals surface area (Å²) < 4.78 is 5.48. The number of esters is 1. The minimum absolute atomic E-state index is 0.00539. The maximum Gasteiger partial charge on any atom is 0.332 e. The Labute approximate surface area is 191 Å². The molecule has 2 amide bonds. The number of carbonyl (C=O) groups is 3. The Morgan fingerprint density at radius 2 is 1.12 bits per heavy atom. The van der Waals surface area contributed by atoms with Crippen molar-refractivity contribution < 1.29 is 24.2 Å². The highest BCUT2D eigenvalue weighted by Crippen LogP contribution is 2.29. The summed E-state index contributed by atoms with van der Waals surface area (Å²) in [6, 6.07) is 24.2. The van der Waals surface area contributed by atoms with Crippen LogP contribution in [0.3, 0.4) is 0 Å². The van der Waals surface area contributed by atoms with Crippen LogP contribution in [-0.4, -0.2) is 45.0 Å². The van der Waals surface area contributed by atoms with E-state index in [4.69, 9.17) is 4.74 Å². The zero-order valence-electron chi connectivity index (χ0n) is 17.9. The molecule has 1 aliphatic rings. The van der Waals surface area contributed by atoms with Crippen molar-refractivity contribution in [3.8, 4) is 0 Å². The molecule has 7 nitrogen and oxygen atoms in total. The molecule has 7 heteroatoms. The Bertz CT molecular complexity index is 1110. The summed E-state index contributed by atoms with van der Waals surface area (Å²) in [6.45, 7) is 0.165. The van der Waals surface area contributed by atoms with Crippen LogP contribution < -0.4 is 0 Å². The Kier molecular flexibility index (Phi) is 6.69. The first-order chi connectivity index (χ1) is 16.0. The second-order valence-electron chi connectivity index (χ2n) is 7.83. The molecule has 1 fully saturated rings. The van der Waals surface area contributed by atoms with Crippen LogP contribution in [0.5, 0.6) is 0 Å². The monoisotopic (exact) mass is 444 g/mol. The smallest absolute Gasteiger partial charge is 0.332 e. The molecule has 0 bridgehead atoms. The van der Waals surface area contributed by atoms with E-state index in [1.165, 1.54) is 9.80 Å². The van der Waals surface area contributed by atoms with Crippen LogP contribution in [0.1, 0.15) is 16.7 Å². The van der Waals surface area contributed by atoms with E-state index in [0.29, 0.717) is 0 Å². The van der Waals surface area contributed by atoms with E-state index in [1.54, 1.807) is 0 Å². The van der Waals surface area contributed by atoms with Crippen molar-refractivity contribution >= 4 is 18.0 Å². The van der Waals surface area contributed by atoms with Crippen LogP contribution in [-0.2, 0) is 34.0 Å². The van der Waals surface area contributed by atoms with E-state index in [0.717, 1.165) is 16.7 Å². The van der Waals surface area contributed by atoms with Gasteiger partial charge in [0.05, 0.1) is 0 Å². The van der Waals surface area contributed by atoms with Gasteiger partial charge in [-0.25, -0.2) is 14.4 Å². The van der Waals surface area contributed by atoms with Gasteiger partial charge in [0.25, 0.3) is 0 Å². The number of hydrogen-bond acceptors (Lipinski definition) is 4. The van der Waals surface area contributed by atoms with Crippen LogP contribution >= 0.6 is 0 Å². The Balaban J connectivity index is 1.63. The van der Waals surface area contributed by atoms with E-state index >= 15 is 0 Å². The first-order valence-corrected chi connectivity index (χ1v) is 10.6. The van der Waals surface area contributed by atoms with Crippen LogP contribution in [0.15, 0.2) is 91.0 Å². The molecule has 33 heavy (non-hydrogen) atoms. The van der Waals surface area contributed by atoms with Gasteiger partial charge in [0, 0.05) is 13.1 Å². The number of amides is 2. The number of aliphatic carboxylic acids is 1. The van der Waals surface area contributed by atoms with Gasteiger partial charge in [-0.2, -0.15) is 0 Å². The summed E-state index contributed by atoms with van der Waals surface area (Å²) >= 11 is 0. The van der Waals surface area contributed by atoms with Gasteiger partial charge >= 0.3 is 18.0 Å². The van der Waals surface area contributed by atoms with Crippen LogP contribution in [0.4, 0.5) is 4.79 Å². The Morgan fingerprint density at radius 3 is 1.58 bits per heavy atom. The summed E-state index contributed by atoms with van der Waals surface area (Å²) in [5.74, 6) is -2.00. The number of urea groups is 1. The fourth-order valence-corrected chi connectivity index (χ4v) is 3.97. The molecule has 0 saturated carbocycles. The number of hydrogen-bond donors (Lipinski definition) is 1. The number of carbonyl (C=O) groups excluding carboxylic acids is 2. The number of carboxylic acid groups (broad SMARTS) is 1. The van der Waals surface area contributed by atoms with E-state index in [9.17, 15) is 19.5 Å². The summed E-state index contributed by atoms with van der Waals surface area (Å²) in [5, 5.41) is 10.0. The lowest BCUT2D eigenvalue weighted by Crippen LogP contribution is -2.48. The molecule has 1 saturated heterocycles. The van der Waals surface area contributed by atoms with E-state index in [-0.39, 0.29) is 19.7 Å². The molecule has 3 aromatic carbocycles. The van der Waals surface area contributed by atoms with Crippen LogP contribution in [0.25, 0.3) is 0 Å². The lowest BCUT2D eigenvalue weighted by atomic mass is 10.1. The fourth-order valence-electron chi connectivity index (χ4n) is 3.97. The van der Waals surface area contributed by atoms with Gasteiger partial charge in [-0.05, 0) is 16.7 Å². The number of benzene rings is 3. The maximum absolute atomic E-state index is 13.4. The third kappa shape index (κ3) is 5.03. The third-order valence-corrected chi connectivity index (χ3v) is 5.57. The lowest BCUT2D eigenvalue weighted by Gasteiger charge is -2.24. The van der Waals surface area contributed by atoms with Gasteiger partial charge in [-0.1, -0.05) is 91.0 Å². The number of nitrogens with zero attached hydrogens (tertiary/aromatic N) is 2. The molecule has 3 aromatic rings. The molecule has 168 valence electrons. The minimum Gasteiger partial charge on any atom is -0.480 e. The molecular formula is C26H24N2O5. The highest BCUT2D eigenvalue weighted by atomic mass is 16.5. The molecule has 0 spiro atoms. The first kappa shape index (κ1) is 22.1. The second-order valence-corrected chi connectivity index (χ2v) is 7.83. The van der Waals surface area contributed by atoms with Crippen molar-refractivity contribution in [2.75, 3.05) is 0 Å². The zero-order chi connectivity index (χ0) is 23.2.